The van der Waals surface area contributed by atoms with Crippen LogP contribution in [0.5, 0.6) is 11.5 Å². The summed E-state index contributed by atoms with van der Waals surface area (Å²) < 4.78 is 10.4. The van der Waals surface area contributed by atoms with Crippen LogP contribution in [0, 0.1) is 0 Å². The van der Waals surface area contributed by atoms with E-state index in [-0.39, 0.29) is 18.2 Å². The lowest BCUT2D eigenvalue weighted by Gasteiger charge is -2.27. The van der Waals surface area contributed by atoms with Gasteiger partial charge in [-0.15, -0.1) is 12.4 Å². The molecule has 1 aliphatic heterocycles. The lowest BCUT2D eigenvalue weighted by atomic mass is 10.0. The van der Waals surface area contributed by atoms with Gasteiger partial charge in [-0.2, -0.15) is 0 Å². The first kappa shape index (κ1) is 32.1. The minimum atomic E-state index is -0.427. The van der Waals surface area contributed by atoms with Crippen molar-refractivity contribution in [3.05, 3.63) is 105 Å². The fraction of sp³-hybridized carbons (Fsp3) is 0.303. The van der Waals surface area contributed by atoms with E-state index >= 15 is 0 Å². The summed E-state index contributed by atoms with van der Waals surface area (Å²) in [5.74, 6) is 0.327. The number of anilines is 2. The number of hydrogen-bond donors (Lipinski definition) is 1. The Morgan fingerprint density at radius 2 is 1.76 bits per heavy atom. The number of fused-ring (bicyclic) bond motifs is 3. The number of phenols is 1. The fourth-order valence-corrected chi connectivity index (χ4v) is 4.84. The zero-order chi connectivity index (χ0) is 28.6. The van der Waals surface area contributed by atoms with Crippen molar-refractivity contribution in [1.29, 1.82) is 0 Å². The number of hydrogen-bond acceptors (Lipinski definition) is 6. The van der Waals surface area contributed by atoms with Crippen molar-refractivity contribution in [2.75, 3.05) is 38.7 Å². The molecule has 0 amide bonds. The normalized spacial score (nSPS) is 11.9. The number of phenolic OH excluding ortho intramolecular Hbond substituents is 1. The first-order valence-corrected chi connectivity index (χ1v) is 13.9. The summed E-state index contributed by atoms with van der Waals surface area (Å²) in [4.78, 5) is 15.8. The van der Waals surface area contributed by atoms with Crippen LogP contribution in [0.1, 0.15) is 31.4 Å². The van der Waals surface area contributed by atoms with Crippen molar-refractivity contribution in [1.82, 2.24) is 4.90 Å². The fourth-order valence-electron chi connectivity index (χ4n) is 4.67. The molecule has 0 saturated carbocycles. The zero-order valence-corrected chi connectivity index (χ0v) is 25.6. The van der Waals surface area contributed by atoms with E-state index in [2.05, 4.69) is 60.3 Å². The van der Waals surface area contributed by atoms with Crippen molar-refractivity contribution in [3.63, 3.8) is 0 Å². The molecule has 0 aliphatic carbocycles. The van der Waals surface area contributed by atoms with Crippen LogP contribution < -0.4 is 15.3 Å². The molecule has 5 rings (SSSR count). The van der Waals surface area contributed by atoms with Gasteiger partial charge in [-0.1, -0.05) is 41.4 Å². The molecule has 1 N–H and O–H groups in total. The van der Waals surface area contributed by atoms with Crippen molar-refractivity contribution in [3.8, 4) is 11.5 Å². The predicted octanol–water partition coefficient (Wildman–Crippen LogP) is 7.79. The van der Waals surface area contributed by atoms with E-state index in [1.807, 2.05) is 26.0 Å². The number of nitrogens with zero attached hydrogens (tertiary/aromatic N) is 2. The van der Waals surface area contributed by atoms with Gasteiger partial charge in [0.05, 0.1) is 0 Å². The minimum absolute atomic E-state index is 0. The Labute approximate surface area is 253 Å². The average Bonchev–Trinajstić information content (AvgIpc) is 3.06. The number of halogens is 2. The molecule has 41 heavy (non-hydrogen) atoms. The van der Waals surface area contributed by atoms with Crippen molar-refractivity contribution in [2.45, 2.75) is 33.1 Å². The van der Waals surface area contributed by atoms with Crippen LogP contribution in [-0.4, -0.2) is 43.8 Å². The summed E-state index contributed by atoms with van der Waals surface area (Å²) in [5.41, 5.74) is 6.53. The first-order valence-electron chi connectivity index (χ1n) is 13.5. The number of allylic oxidation sites excluding steroid dienone is 1. The Balaban J connectivity index is 0.000000225. The highest BCUT2D eigenvalue weighted by atomic mass is 35.5. The maximum absolute atomic E-state index is 11.1. The molecule has 4 aromatic rings. The number of benzene rings is 3. The Morgan fingerprint density at radius 3 is 2.49 bits per heavy atom. The van der Waals surface area contributed by atoms with E-state index in [0.29, 0.717) is 23.3 Å². The third-order valence-corrected chi connectivity index (χ3v) is 6.94. The van der Waals surface area contributed by atoms with E-state index in [0.717, 1.165) is 42.9 Å². The Bertz CT molecular complexity index is 1540. The van der Waals surface area contributed by atoms with Gasteiger partial charge >= 0.3 is 5.63 Å². The van der Waals surface area contributed by atoms with E-state index < -0.39 is 5.63 Å². The molecule has 1 aliphatic rings. The van der Waals surface area contributed by atoms with Crippen molar-refractivity contribution in [2.24, 2.45) is 0 Å². The largest absolute Gasteiger partial charge is 0.504 e. The van der Waals surface area contributed by atoms with Gasteiger partial charge in [-0.05, 0) is 101 Å². The highest BCUT2D eigenvalue weighted by Crippen LogP contribution is 2.37. The summed E-state index contributed by atoms with van der Waals surface area (Å²) in [7, 11) is 4.25. The molecule has 218 valence electrons. The smallest absolute Gasteiger partial charge is 0.336 e. The molecule has 0 radical (unpaired) electrons. The lowest BCUT2D eigenvalue weighted by Crippen LogP contribution is -2.24. The molecule has 3 aromatic carbocycles. The third-order valence-electron chi connectivity index (χ3n) is 6.70. The van der Waals surface area contributed by atoms with E-state index in [1.54, 1.807) is 6.07 Å². The SMILES string of the molecule is CC(C)=CCOc1cc2oc(=O)ccc2cc1O.CN(C)CCCN1c2ccccc2CCc2ccc(Cl)cc21.Cl. The quantitative estimate of drug-likeness (QED) is 0.173. The molecule has 0 bridgehead atoms. The molecule has 2 heterocycles. The highest BCUT2D eigenvalue weighted by molar-refractivity contribution is 6.30. The van der Waals surface area contributed by atoms with Gasteiger partial charge in [0.1, 0.15) is 12.2 Å². The second-order valence-electron chi connectivity index (χ2n) is 10.4. The molecule has 1 aromatic heterocycles. The van der Waals surface area contributed by atoms with E-state index in [1.165, 1.54) is 40.7 Å². The van der Waals surface area contributed by atoms with Crippen molar-refractivity contribution < 1.29 is 14.3 Å². The van der Waals surface area contributed by atoms with Gasteiger partial charge in [-0.25, -0.2) is 4.79 Å². The van der Waals surface area contributed by atoms with Gasteiger partial charge in [0, 0.05) is 40.5 Å². The van der Waals surface area contributed by atoms with Gasteiger partial charge in [0.25, 0.3) is 0 Å². The predicted molar refractivity (Wildman–Crippen MR) is 172 cm³/mol. The molecule has 0 unspecified atom stereocenters. The summed E-state index contributed by atoms with van der Waals surface area (Å²) in [5, 5.41) is 11.2. The Morgan fingerprint density at radius 1 is 1.02 bits per heavy atom. The summed E-state index contributed by atoms with van der Waals surface area (Å²) in [6.45, 7) is 6.39. The number of aryl methyl sites for hydroxylation is 2. The summed E-state index contributed by atoms with van der Waals surface area (Å²) in [6, 6.07) is 21.0. The third kappa shape index (κ3) is 8.77. The first-order chi connectivity index (χ1) is 19.2. The Kier molecular flexibility index (Phi) is 11.7. The maximum atomic E-state index is 11.1. The number of rotatable bonds is 7. The molecule has 0 saturated heterocycles. The van der Waals surface area contributed by atoms with Crippen LogP contribution in [-0.2, 0) is 12.8 Å². The average molecular weight is 598 g/mol. The molecule has 0 fully saturated rings. The number of para-hydroxylation sites is 1. The molecule has 0 spiro atoms. The standard InChI is InChI=1S/C19H23ClN2.C14H14O4.ClH/c1-21(2)12-5-13-22-18-7-4-3-6-15(18)8-9-16-10-11-17(20)14-19(16)22;1-9(2)5-6-17-13-8-12-10(7-11(13)15)3-4-14(16)18-12;/h3-4,6-7,10-11,14H,5,8-9,12-13H2,1-2H3;3-5,7-8,15H,6H2,1-2H3;1H. The lowest BCUT2D eigenvalue weighted by molar-refractivity contribution is 0.335. The van der Waals surface area contributed by atoms with Crippen molar-refractivity contribution >= 4 is 46.4 Å². The molecule has 6 nitrogen and oxygen atoms in total. The van der Waals surface area contributed by atoms with E-state index in [4.69, 9.17) is 20.8 Å². The minimum Gasteiger partial charge on any atom is -0.504 e. The van der Waals surface area contributed by atoms with Crippen LogP contribution >= 0.6 is 24.0 Å². The molecule has 8 heteroatoms. The molecule has 0 atom stereocenters. The van der Waals surface area contributed by atoms with Gasteiger partial charge in [0.2, 0.25) is 0 Å². The van der Waals surface area contributed by atoms with Crippen LogP contribution in [0.15, 0.2) is 87.6 Å². The van der Waals surface area contributed by atoms with Crippen LogP contribution in [0.2, 0.25) is 5.02 Å². The number of ether oxygens (including phenoxy) is 1. The van der Waals surface area contributed by atoms with Crippen LogP contribution in [0.3, 0.4) is 0 Å². The molecular formula is C33H38Cl2N2O4. The van der Waals surface area contributed by atoms with Crippen LogP contribution in [0.25, 0.3) is 11.0 Å². The summed E-state index contributed by atoms with van der Waals surface area (Å²) in [6.07, 6.45) is 5.20. The monoisotopic (exact) mass is 596 g/mol. The Hall–Kier alpha value is -3.45. The second-order valence-corrected chi connectivity index (χ2v) is 10.9. The number of aromatic hydroxyl groups is 1. The van der Waals surface area contributed by atoms with Crippen LogP contribution in [0.4, 0.5) is 11.4 Å². The summed E-state index contributed by atoms with van der Waals surface area (Å²) >= 11 is 6.27. The van der Waals surface area contributed by atoms with E-state index in [9.17, 15) is 9.90 Å². The van der Waals surface area contributed by atoms with Gasteiger partial charge in [0.15, 0.2) is 11.5 Å². The molecular weight excluding hydrogens is 559 g/mol. The van der Waals surface area contributed by atoms with Gasteiger partial charge < -0.3 is 24.1 Å². The maximum Gasteiger partial charge on any atom is 0.336 e. The zero-order valence-electron chi connectivity index (χ0n) is 24.0. The topological polar surface area (TPSA) is 66.2 Å². The second kappa shape index (κ2) is 15.0. The van der Waals surface area contributed by atoms with Gasteiger partial charge in [-0.3, -0.25) is 0 Å². The highest BCUT2D eigenvalue weighted by Gasteiger charge is 2.20.